The lowest BCUT2D eigenvalue weighted by Crippen LogP contribution is -2.61. The molecule has 0 bridgehead atoms. The fourth-order valence-electron chi connectivity index (χ4n) is 4.13. The summed E-state index contributed by atoms with van der Waals surface area (Å²) >= 11 is 0. The molecule has 0 aliphatic carbocycles. The Morgan fingerprint density at radius 2 is 1.11 bits per heavy atom. The molecule has 1 fully saturated rings. The van der Waals surface area contributed by atoms with Crippen LogP contribution in [0.25, 0.3) is 0 Å². The van der Waals surface area contributed by atoms with Crippen molar-refractivity contribution in [3.8, 4) is 12.3 Å². The van der Waals surface area contributed by atoms with E-state index in [0.717, 1.165) is 16.7 Å². The lowest BCUT2D eigenvalue weighted by molar-refractivity contribution is -0.316. The minimum Gasteiger partial charge on any atom is -0.368 e. The standard InChI is InChI=1S/C30H32O6/c1-2-18-32-22-26-27(33-19-23-12-6-3-7-13-23)28(34-20-24-14-8-4-9-15-24)29(30(31)36-26)35-21-25-16-10-5-11-17-25/h1,3-17,26-31H,18-22H2/t26-,27-,28+,29-,30?/m1/s1. The van der Waals surface area contributed by atoms with E-state index >= 15 is 0 Å². The fraction of sp³-hybridized carbons (Fsp3) is 0.333. The summed E-state index contributed by atoms with van der Waals surface area (Å²) in [5, 5.41) is 11.0. The Balaban J connectivity index is 1.56. The van der Waals surface area contributed by atoms with E-state index in [1.165, 1.54) is 0 Å². The van der Waals surface area contributed by atoms with Crippen molar-refractivity contribution >= 4 is 0 Å². The Labute approximate surface area is 212 Å². The van der Waals surface area contributed by atoms with Crippen LogP contribution in [0.2, 0.25) is 0 Å². The van der Waals surface area contributed by atoms with Crippen molar-refractivity contribution in [1.29, 1.82) is 0 Å². The molecule has 36 heavy (non-hydrogen) atoms. The number of rotatable bonds is 12. The minimum atomic E-state index is -1.23. The molecule has 0 radical (unpaired) electrons. The average molecular weight is 489 g/mol. The van der Waals surface area contributed by atoms with E-state index in [1.807, 2.05) is 91.0 Å². The molecular formula is C30H32O6. The molecule has 3 aromatic rings. The van der Waals surface area contributed by atoms with Gasteiger partial charge in [-0.3, -0.25) is 0 Å². The Hall–Kier alpha value is -3.02. The Kier molecular flexibility index (Phi) is 10.1. The second-order valence-corrected chi connectivity index (χ2v) is 8.57. The third kappa shape index (κ3) is 7.49. The maximum atomic E-state index is 11.0. The molecule has 1 N–H and O–H groups in total. The highest BCUT2D eigenvalue weighted by Crippen LogP contribution is 2.30. The summed E-state index contributed by atoms with van der Waals surface area (Å²) in [5.41, 5.74) is 2.99. The van der Waals surface area contributed by atoms with Gasteiger partial charge in [0.05, 0.1) is 26.4 Å². The van der Waals surface area contributed by atoms with Crippen LogP contribution in [0.15, 0.2) is 91.0 Å². The zero-order valence-corrected chi connectivity index (χ0v) is 20.1. The van der Waals surface area contributed by atoms with E-state index < -0.39 is 30.7 Å². The maximum absolute atomic E-state index is 11.0. The van der Waals surface area contributed by atoms with E-state index in [1.54, 1.807) is 0 Å². The van der Waals surface area contributed by atoms with Crippen molar-refractivity contribution in [3.63, 3.8) is 0 Å². The van der Waals surface area contributed by atoms with Crippen molar-refractivity contribution in [3.05, 3.63) is 108 Å². The molecule has 0 amide bonds. The summed E-state index contributed by atoms with van der Waals surface area (Å²) in [4.78, 5) is 0. The predicted octanol–water partition coefficient (Wildman–Crippen LogP) is 4.11. The molecule has 188 valence electrons. The number of hydrogen-bond acceptors (Lipinski definition) is 6. The van der Waals surface area contributed by atoms with Gasteiger partial charge in [0.2, 0.25) is 0 Å². The average Bonchev–Trinajstić information content (AvgIpc) is 2.92. The Morgan fingerprint density at radius 1 is 0.667 bits per heavy atom. The third-order valence-corrected chi connectivity index (χ3v) is 5.93. The highest BCUT2D eigenvalue weighted by Gasteiger charge is 2.48. The van der Waals surface area contributed by atoms with E-state index in [0.29, 0.717) is 19.8 Å². The number of terminal acetylenes is 1. The van der Waals surface area contributed by atoms with Gasteiger partial charge in [0.15, 0.2) is 6.29 Å². The van der Waals surface area contributed by atoms with Gasteiger partial charge in [0.25, 0.3) is 0 Å². The second kappa shape index (κ2) is 13.9. The first-order valence-corrected chi connectivity index (χ1v) is 12.1. The molecule has 3 aromatic carbocycles. The largest absolute Gasteiger partial charge is 0.368 e. The number of ether oxygens (including phenoxy) is 5. The number of aliphatic hydroxyl groups excluding tert-OH is 1. The Morgan fingerprint density at radius 3 is 1.58 bits per heavy atom. The smallest absolute Gasteiger partial charge is 0.184 e. The molecule has 0 saturated carbocycles. The van der Waals surface area contributed by atoms with Crippen molar-refractivity contribution in [2.24, 2.45) is 0 Å². The van der Waals surface area contributed by atoms with Gasteiger partial charge in [-0.05, 0) is 16.7 Å². The van der Waals surface area contributed by atoms with Gasteiger partial charge in [-0.15, -0.1) is 6.42 Å². The highest BCUT2D eigenvalue weighted by molar-refractivity contribution is 5.15. The van der Waals surface area contributed by atoms with E-state index in [2.05, 4.69) is 5.92 Å². The zero-order valence-electron chi connectivity index (χ0n) is 20.1. The monoisotopic (exact) mass is 488 g/mol. The summed E-state index contributed by atoms with van der Waals surface area (Å²) in [7, 11) is 0. The molecule has 1 aliphatic heterocycles. The van der Waals surface area contributed by atoms with Crippen molar-refractivity contribution in [2.45, 2.75) is 50.5 Å². The number of aliphatic hydroxyl groups is 1. The molecule has 0 spiro atoms. The van der Waals surface area contributed by atoms with Crippen LogP contribution in [-0.2, 0) is 43.5 Å². The van der Waals surface area contributed by atoms with Gasteiger partial charge in [-0.1, -0.05) is 96.9 Å². The van der Waals surface area contributed by atoms with Crippen LogP contribution in [0.4, 0.5) is 0 Å². The van der Waals surface area contributed by atoms with Crippen LogP contribution in [0.5, 0.6) is 0 Å². The fourth-order valence-corrected chi connectivity index (χ4v) is 4.13. The summed E-state index contributed by atoms with van der Waals surface area (Å²) in [6, 6.07) is 29.5. The summed E-state index contributed by atoms with van der Waals surface area (Å²) in [6.45, 7) is 1.24. The summed E-state index contributed by atoms with van der Waals surface area (Å²) in [5.74, 6) is 2.46. The van der Waals surface area contributed by atoms with Crippen LogP contribution in [0.3, 0.4) is 0 Å². The molecule has 6 heteroatoms. The lowest BCUT2D eigenvalue weighted by Gasteiger charge is -2.44. The van der Waals surface area contributed by atoms with Gasteiger partial charge in [0.1, 0.15) is 31.0 Å². The second-order valence-electron chi connectivity index (χ2n) is 8.57. The van der Waals surface area contributed by atoms with Crippen LogP contribution >= 0.6 is 0 Å². The molecule has 4 rings (SSSR count). The summed E-state index contributed by atoms with van der Waals surface area (Å²) < 4.78 is 30.5. The van der Waals surface area contributed by atoms with Crippen molar-refractivity contribution < 1.29 is 28.8 Å². The van der Waals surface area contributed by atoms with Crippen LogP contribution < -0.4 is 0 Å². The van der Waals surface area contributed by atoms with Crippen molar-refractivity contribution in [2.75, 3.05) is 13.2 Å². The normalized spacial score (nSPS) is 23.7. The quantitative estimate of drug-likeness (QED) is 0.306. The molecule has 5 atom stereocenters. The number of benzene rings is 3. The maximum Gasteiger partial charge on any atom is 0.184 e. The van der Waals surface area contributed by atoms with Crippen LogP contribution in [-0.4, -0.2) is 49.0 Å². The zero-order chi connectivity index (χ0) is 25.0. The first-order valence-electron chi connectivity index (χ1n) is 12.1. The van der Waals surface area contributed by atoms with Gasteiger partial charge in [-0.25, -0.2) is 0 Å². The summed E-state index contributed by atoms with van der Waals surface area (Å²) in [6.07, 6.45) is 1.55. The first-order chi connectivity index (χ1) is 17.7. The molecule has 0 aromatic heterocycles. The van der Waals surface area contributed by atoms with Crippen LogP contribution in [0.1, 0.15) is 16.7 Å². The van der Waals surface area contributed by atoms with E-state index in [9.17, 15) is 5.11 Å². The molecule has 1 aliphatic rings. The van der Waals surface area contributed by atoms with E-state index in [4.69, 9.17) is 30.1 Å². The van der Waals surface area contributed by atoms with E-state index in [-0.39, 0.29) is 13.2 Å². The molecule has 6 nitrogen and oxygen atoms in total. The third-order valence-electron chi connectivity index (χ3n) is 5.93. The first kappa shape index (κ1) is 26.1. The Bertz CT molecular complexity index is 1050. The minimum absolute atomic E-state index is 0.130. The number of hydrogen-bond donors (Lipinski definition) is 1. The van der Waals surface area contributed by atoms with Gasteiger partial charge < -0.3 is 28.8 Å². The van der Waals surface area contributed by atoms with Gasteiger partial charge in [-0.2, -0.15) is 0 Å². The van der Waals surface area contributed by atoms with Crippen LogP contribution in [0, 0.1) is 12.3 Å². The molecule has 1 heterocycles. The SMILES string of the molecule is C#CCOC[C@H]1OC(O)[C@H](OCc2ccccc2)[C@@H](OCc2ccccc2)[C@@H]1OCc1ccccc1. The predicted molar refractivity (Wildman–Crippen MR) is 136 cm³/mol. The highest BCUT2D eigenvalue weighted by atomic mass is 16.7. The molecule has 1 saturated heterocycles. The van der Waals surface area contributed by atoms with Crippen molar-refractivity contribution in [1.82, 2.24) is 0 Å². The van der Waals surface area contributed by atoms with Gasteiger partial charge >= 0.3 is 0 Å². The topological polar surface area (TPSA) is 66.4 Å². The van der Waals surface area contributed by atoms with Gasteiger partial charge in [0, 0.05) is 0 Å². The molecule has 1 unspecified atom stereocenters. The lowest BCUT2D eigenvalue weighted by atomic mass is 9.98. The molecular weight excluding hydrogens is 456 g/mol.